The quantitative estimate of drug-likeness (QED) is 0.463. The Labute approximate surface area is 197 Å². The number of imide groups is 1. The topological polar surface area (TPSA) is 88.9 Å². The third-order valence-corrected chi connectivity index (χ3v) is 6.00. The van der Waals surface area contributed by atoms with Crippen LogP contribution in [0.2, 0.25) is 0 Å². The Morgan fingerprint density at radius 3 is 2.71 bits per heavy atom. The van der Waals surface area contributed by atoms with E-state index in [-0.39, 0.29) is 36.1 Å². The number of rotatable bonds is 8. The van der Waals surface area contributed by atoms with Crippen LogP contribution in [0.3, 0.4) is 0 Å². The third-order valence-electron chi connectivity index (χ3n) is 5.10. The number of nitrogens with zero attached hydrogens (tertiary/aromatic N) is 1. The maximum atomic E-state index is 12.6. The molecule has 0 saturated carbocycles. The van der Waals surface area contributed by atoms with Gasteiger partial charge in [0.2, 0.25) is 5.91 Å². The first-order chi connectivity index (χ1) is 16.3. The molecule has 176 valence electrons. The number of alkyl halides is 2. The summed E-state index contributed by atoms with van der Waals surface area (Å²) in [4.78, 5) is 38.5. The summed E-state index contributed by atoms with van der Waals surface area (Å²) in [5.74, 6) is -0.736. The fourth-order valence-electron chi connectivity index (χ4n) is 3.46. The smallest absolute Gasteiger partial charge is 0.387 e. The van der Waals surface area contributed by atoms with Gasteiger partial charge in [-0.15, -0.1) is 0 Å². The summed E-state index contributed by atoms with van der Waals surface area (Å²) < 4.78 is 34.3. The number of aryl methyl sites for hydroxylation is 1. The first kappa shape index (κ1) is 23.5. The van der Waals surface area contributed by atoms with Crippen molar-refractivity contribution in [3.8, 4) is 5.75 Å². The van der Waals surface area contributed by atoms with Crippen molar-refractivity contribution in [3.63, 3.8) is 0 Å². The van der Waals surface area contributed by atoms with Gasteiger partial charge in [-0.2, -0.15) is 8.78 Å². The third kappa shape index (κ3) is 5.45. The molecule has 2 heterocycles. The zero-order valence-corrected chi connectivity index (χ0v) is 18.9. The zero-order valence-electron chi connectivity index (χ0n) is 18.0. The number of benzene rings is 2. The van der Waals surface area contributed by atoms with Crippen molar-refractivity contribution in [1.82, 2.24) is 10.2 Å². The SMILES string of the molecule is Cc1ccc2c(CC(=O)NCCN3C(=O)S/C(=C\c4ccc(OC(F)F)cc4)C3=O)coc2c1. The van der Waals surface area contributed by atoms with Crippen molar-refractivity contribution in [2.45, 2.75) is 20.0 Å². The zero-order chi connectivity index (χ0) is 24.2. The molecule has 7 nitrogen and oxygen atoms in total. The summed E-state index contributed by atoms with van der Waals surface area (Å²) in [6.07, 6.45) is 3.17. The van der Waals surface area contributed by atoms with Crippen LogP contribution < -0.4 is 10.1 Å². The summed E-state index contributed by atoms with van der Waals surface area (Å²) in [5, 5.41) is 3.14. The number of hydrogen-bond donors (Lipinski definition) is 1. The number of thioether (sulfide) groups is 1. The molecule has 0 spiro atoms. The second-order valence-corrected chi connectivity index (χ2v) is 8.56. The molecule has 3 amide bonds. The molecule has 4 rings (SSSR count). The maximum Gasteiger partial charge on any atom is 0.387 e. The van der Waals surface area contributed by atoms with Crippen LogP contribution in [0.25, 0.3) is 17.0 Å². The van der Waals surface area contributed by atoms with Gasteiger partial charge in [-0.05, 0) is 54.1 Å². The van der Waals surface area contributed by atoms with Gasteiger partial charge in [0.15, 0.2) is 0 Å². The highest BCUT2D eigenvalue weighted by Gasteiger charge is 2.34. The highest BCUT2D eigenvalue weighted by molar-refractivity contribution is 8.18. The van der Waals surface area contributed by atoms with E-state index in [0.29, 0.717) is 11.1 Å². The standard InChI is InChI=1S/C24H20F2N2O5S/c1-14-2-7-18-16(13-32-19(18)10-14)12-21(29)27-8-9-28-22(30)20(34-24(28)31)11-15-3-5-17(6-4-15)33-23(25)26/h2-7,10-11,13,23H,8-9,12H2,1H3,(H,27,29)/b20-11-. The Bertz CT molecular complexity index is 1270. The van der Waals surface area contributed by atoms with Crippen LogP contribution in [0.4, 0.5) is 13.6 Å². The van der Waals surface area contributed by atoms with Crippen molar-refractivity contribution < 1.29 is 32.3 Å². The molecule has 2 aromatic carbocycles. The average Bonchev–Trinajstić information content (AvgIpc) is 3.29. The second kappa shape index (κ2) is 10.1. The van der Waals surface area contributed by atoms with E-state index in [4.69, 9.17) is 4.42 Å². The molecule has 34 heavy (non-hydrogen) atoms. The fraction of sp³-hybridized carbons (Fsp3) is 0.208. The lowest BCUT2D eigenvalue weighted by Crippen LogP contribution is -2.37. The van der Waals surface area contributed by atoms with Crippen molar-refractivity contribution in [2.24, 2.45) is 0 Å². The van der Waals surface area contributed by atoms with Gasteiger partial charge >= 0.3 is 6.61 Å². The van der Waals surface area contributed by atoms with E-state index in [9.17, 15) is 23.2 Å². The van der Waals surface area contributed by atoms with Gasteiger partial charge in [0.25, 0.3) is 11.1 Å². The monoisotopic (exact) mass is 486 g/mol. The number of carbonyl (C=O) groups is 3. The molecular formula is C24H20F2N2O5S. The molecule has 1 saturated heterocycles. The van der Waals surface area contributed by atoms with Crippen LogP contribution in [0.15, 0.2) is 58.1 Å². The number of amides is 3. The number of ether oxygens (including phenoxy) is 1. The molecule has 10 heteroatoms. The van der Waals surface area contributed by atoms with Crippen molar-refractivity contribution in [1.29, 1.82) is 0 Å². The van der Waals surface area contributed by atoms with E-state index in [0.717, 1.165) is 33.2 Å². The lowest BCUT2D eigenvalue weighted by molar-refractivity contribution is -0.124. The van der Waals surface area contributed by atoms with Gasteiger partial charge < -0.3 is 14.5 Å². The number of nitrogens with one attached hydrogen (secondary N) is 1. The molecule has 0 radical (unpaired) electrons. The predicted octanol–water partition coefficient (Wildman–Crippen LogP) is 4.74. The summed E-state index contributed by atoms with van der Waals surface area (Å²) in [7, 11) is 0. The Balaban J connectivity index is 1.31. The van der Waals surface area contributed by atoms with Crippen LogP contribution in [0.1, 0.15) is 16.7 Å². The summed E-state index contributed by atoms with van der Waals surface area (Å²) >= 11 is 0.779. The van der Waals surface area contributed by atoms with Gasteiger partial charge in [-0.25, -0.2) is 0 Å². The second-order valence-electron chi connectivity index (χ2n) is 7.57. The average molecular weight is 486 g/mol. The molecule has 0 bridgehead atoms. The molecule has 1 aliphatic heterocycles. The van der Waals surface area contributed by atoms with Gasteiger partial charge in [0.05, 0.1) is 17.6 Å². The van der Waals surface area contributed by atoms with E-state index in [1.54, 1.807) is 6.26 Å². The van der Waals surface area contributed by atoms with E-state index >= 15 is 0 Å². The minimum atomic E-state index is -2.92. The molecule has 1 aliphatic rings. The van der Waals surface area contributed by atoms with Crippen LogP contribution in [0.5, 0.6) is 5.75 Å². The molecule has 1 fully saturated rings. The number of hydrogen-bond acceptors (Lipinski definition) is 6. The summed E-state index contributed by atoms with van der Waals surface area (Å²) in [5.41, 5.74) is 3.08. The van der Waals surface area contributed by atoms with Gasteiger partial charge in [0.1, 0.15) is 11.3 Å². The molecule has 1 N–H and O–H groups in total. The summed E-state index contributed by atoms with van der Waals surface area (Å²) in [6.45, 7) is -0.833. The van der Waals surface area contributed by atoms with Crippen molar-refractivity contribution in [3.05, 3.63) is 70.3 Å². The van der Waals surface area contributed by atoms with Gasteiger partial charge in [0, 0.05) is 24.0 Å². The Morgan fingerprint density at radius 2 is 1.97 bits per heavy atom. The Hall–Kier alpha value is -3.66. The largest absolute Gasteiger partial charge is 0.464 e. The highest BCUT2D eigenvalue weighted by atomic mass is 32.2. The van der Waals surface area contributed by atoms with Crippen molar-refractivity contribution >= 4 is 45.9 Å². The van der Waals surface area contributed by atoms with Gasteiger partial charge in [-0.3, -0.25) is 19.3 Å². The molecule has 3 aromatic rings. The fourth-order valence-corrected chi connectivity index (χ4v) is 4.32. The minimum absolute atomic E-state index is 0.00507. The highest BCUT2D eigenvalue weighted by Crippen LogP contribution is 2.32. The van der Waals surface area contributed by atoms with E-state index < -0.39 is 17.8 Å². The van der Waals surface area contributed by atoms with E-state index in [1.807, 2.05) is 25.1 Å². The number of halogens is 2. The van der Waals surface area contributed by atoms with E-state index in [1.165, 1.54) is 30.3 Å². The molecule has 0 unspecified atom stereocenters. The van der Waals surface area contributed by atoms with Crippen LogP contribution in [-0.4, -0.2) is 41.7 Å². The number of carbonyl (C=O) groups excluding carboxylic acids is 3. The number of fused-ring (bicyclic) bond motifs is 1. The van der Waals surface area contributed by atoms with E-state index in [2.05, 4.69) is 10.1 Å². The lowest BCUT2D eigenvalue weighted by atomic mass is 10.1. The van der Waals surface area contributed by atoms with Crippen LogP contribution in [-0.2, 0) is 16.0 Å². The lowest BCUT2D eigenvalue weighted by Gasteiger charge is -2.12. The van der Waals surface area contributed by atoms with Crippen molar-refractivity contribution in [2.75, 3.05) is 13.1 Å². The van der Waals surface area contributed by atoms with Crippen LogP contribution in [0, 0.1) is 6.92 Å². The summed E-state index contributed by atoms with van der Waals surface area (Å²) in [6, 6.07) is 11.5. The van der Waals surface area contributed by atoms with Gasteiger partial charge in [-0.1, -0.05) is 24.3 Å². The Kier molecular flexibility index (Phi) is 6.97. The molecule has 0 aliphatic carbocycles. The maximum absolute atomic E-state index is 12.6. The minimum Gasteiger partial charge on any atom is -0.464 e. The first-order valence-corrected chi connectivity index (χ1v) is 11.2. The first-order valence-electron chi connectivity index (χ1n) is 10.3. The Morgan fingerprint density at radius 1 is 1.21 bits per heavy atom. The van der Waals surface area contributed by atoms with Crippen LogP contribution >= 0.6 is 11.8 Å². The normalized spacial score (nSPS) is 15.1. The predicted molar refractivity (Wildman–Crippen MR) is 123 cm³/mol. The number of furan rings is 1. The molecular weight excluding hydrogens is 466 g/mol. The molecule has 1 aromatic heterocycles. The molecule has 0 atom stereocenters.